The smallest absolute Gasteiger partial charge is 0.252 e. The maximum Gasteiger partial charge on any atom is 0.252 e. The predicted octanol–water partition coefficient (Wildman–Crippen LogP) is 3.23. The van der Waals surface area contributed by atoms with Crippen LogP contribution in [0.15, 0.2) is 36.5 Å². The van der Waals surface area contributed by atoms with Crippen molar-refractivity contribution in [1.29, 1.82) is 0 Å². The molecule has 4 nitrogen and oxygen atoms in total. The minimum atomic E-state index is -0.589. The van der Waals surface area contributed by atoms with Crippen LogP contribution >= 0.6 is 23.2 Å². The predicted molar refractivity (Wildman–Crippen MR) is 72.5 cm³/mol. The van der Waals surface area contributed by atoms with Crippen LogP contribution in [-0.4, -0.2) is 10.9 Å². The van der Waals surface area contributed by atoms with Crippen molar-refractivity contribution in [3.05, 3.63) is 52.3 Å². The number of anilines is 2. The molecule has 0 radical (unpaired) electrons. The Morgan fingerprint density at radius 2 is 1.94 bits per heavy atom. The molecule has 0 saturated heterocycles. The molecular weight excluding hydrogens is 273 g/mol. The summed E-state index contributed by atoms with van der Waals surface area (Å²) in [6, 6.07) is 8.66. The van der Waals surface area contributed by atoms with Crippen molar-refractivity contribution in [2.45, 2.75) is 0 Å². The fourth-order valence-electron chi connectivity index (χ4n) is 1.44. The minimum Gasteiger partial charge on any atom is -0.365 e. The number of hydrogen-bond donors (Lipinski definition) is 2. The highest BCUT2D eigenvalue weighted by Crippen LogP contribution is 2.27. The van der Waals surface area contributed by atoms with Gasteiger partial charge in [-0.15, -0.1) is 0 Å². The second-order valence-electron chi connectivity index (χ2n) is 3.52. The molecule has 1 aromatic carbocycles. The Labute approximate surface area is 114 Å². The molecule has 2 rings (SSSR count). The fourth-order valence-corrected chi connectivity index (χ4v) is 1.78. The number of hydrogen-bond acceptors (Lipinski definition) is 3. The number of amides is 1. The summed E-state index contributed by atoms with van der Waals surface area (Å²) in [6.07, 6.45) is 1.32. The monoisotopic (exact) mass is 281 g/mol. The van der Waals surface area contributed by atoms with Gasteiger partial charge in [-0.1, -0.05) is 35.3 Å². The molecule has 0 atom stereocenters. The molecule has 0 bridgehead atoms. The van der Waals surface area contributed by atoms with Crippen molar-refractivity contribution in [1.82, 2.24) is 4.98 Å². The van der Waals surface area contributed by atoms with Gasteiger partial charge in [-0.25, -0.2) is 4.98 Å². The Balaban J connectivity index is 2.42. The zero-order valence-electron chi connectivity index (χ0n) is 9.15. The van der Waals surface area contributed by atoms with E-state index in [0.717, 1.165) is 0 Å². The molecule has 1 aromatic heterocycles. The SMILES string of the molecule is NC(=O)c1cnc(Cl)cc1Nc1ccccc1Cl. The molecule has 0 aliphatic carbocycles. The van der Waals surface area contributed by atoms with E-state index in [2.05, 4.69) is 10.3 Å². The van der Waals surface area contributed by atoms with Gasteiger partial charge in [-0.05, 0) is 18.2 Å². The van der Waals surface area contributed by atoms with E-state index in [0.29, 0.717) is 16.4 Å². The Morgan fingerprint density at radius 1 is 1.22 bits per heavy atom. The summed E-state index contributed by atoms with van der Waals surface area (Å²) in [6.45, 7) is 0. The van der Waals surface area contributed by atoms with Gasteiger partial charge in [0.2, 0.25) is 0 Å². The van der Waals surface area contributed by atoms with Crippen LogP contribution in [0.5, 0.6) is 0 Å². The van der Waals surface area contributed by atoms with Crippen LogP contribution in [0.25, 0.3) is 0 Å². The number of aromatic nitrogens is 1. The van der Waals surface area contributed by atoms with E-state index in [1.54, 1.807) is 12.1 Å². The highest BCUT2D eigenvalue weighted by molar-refractivity contribution is 6.33. The lowest BCUT2D eigenvalue weighted by Gasteiger charge is -2.11. The third-order valence-electron chi connectivity index (χ3n) is 2.28. The molecule has 6 heteroatoms. The molecule has 3 N–H and O–H groups in total. The summed E-state index contributed by atoms with van der Waals surface area (Å²) in [7, 11) is 0. The average molecular weight is 282 g/mol. The van der Waals surface area contributed by atoms with E-state index in [1.807, 2.05) is 12.1 Å². The summed E-state index contributed by atoms with van der Waals surface area (Å²) in [5.74, 6) is -0.589. The van der Waals surface area contributed by atoms with Gasteiger partial charge in [0.15, 0.2) is 0 Å². The van der Waals surface area contributed by atoms with Crippen LogP contribution in [0.1, 0.15) is 10.4 Å². The van der Waals surface area contributed by atoms with E-state index in [4.69, 9.17) is 28.9 Å². The summed E-state index contributed by atoms with van der Waals surface area (Å²) in [5.41, 5.74) is 6.64. The number of halogens is 2. The van der Waals surface area contributed by atoms with Gasteiger partial charge >= 0.3 is 0 Å². The number of para-hydroxylation sites is 1. The van der Waals surface area contributed by atoms with Gasteiger partial charge in [-0.3, -0.25) is 4.79 Å². The van der Waals surface area contributed by atoms with Gasteiger partial charge in [0, 0.05) is 6.20 Å². The van der Waals surface area contributed by atoms with Crippen molar-refractivity contribution in [2.75, 3.05) is 5.32 Å². The highest BCUT2D eigenvalue weighted by Gasteiger charge is 2.11. The zero-order chi connectivity index (χ0) is 13.1. The Bertz CT molecular complexity index is 602. The number of nitrogens with one attached hydrogen (secondary N) is 1. The number of carbonyl (C=O) groups excluding carboxylic acids is 1. The van der Waals surface area contributed by atoms with Crippen LogP contribution in [0.4, 0.5) is 11.4 Å². The van der Waals surface area contributed by atoms with Gasteiger partial charge in [0.05, 0.1) is 22.0 Å². The first kappa shape index (κ1) is 12.7. The molecule has 2 aromatic rings. The summed E-state index contributed by atoms with van der Waals surface area (Å²) < 4.78 is 0. The van der Waals surface area contributed by atoms with Gasteiger partial charge in [0.25, 0.3) is 5.91 Å². The number of primary amides is 1. The second-order valence-corrected chi connectivity index (χ2v) is 4.32. The quantitative estimate of drug-likeness (QED) is 0.849. The number of benzene rings is 1. The van der Waals surface area contributed by atoms with E-state index in [1.165, 1.54) is 12.3 Å². The van der Waals surface area contributed by atoms with Gasteiger partial charge in [-0.2, -0.15) is 0 Å². The lowest BCUT2D eigenvalue weighted by Crippen LogP contribution is -2.13. The van der Waals surface area contributed by atoms with E-state index < -0.39 is 5.91 Å². The van der Waals surface area contributed by atoms with Gasteiger partial charge in [0.1, 0.15) is 5.15 Å². The maximum absolute atomic E-state index is 11.3. The molecule has 1 heterocycles. The number of pyridine rings is 1. The number of nitrogens with two attached hydrogens (primary N) is 1. The third kappa shape index (κ3) is 2.72. The largest absolute Gasteiger partial charge is 0.365 e. The van der Waals surface area contributed by atoms with Crippen molar-refractivity contribution in [3.63, 3.8) is 0 Å². The molecule has 0 aliphatic heterocycles. The van der Waals surface area contributed by atoms with Gasteiger partial charge < -0.3 is 11.1 Å². The maximum atomic E-state index is 11.3. The highest BCUT2D eigenvalue weighted by atomic mass is 35.5. The first-order valence-corrected chi connectivity index (χ1v) is 5.80. The number of nitrogens with zero attached hydrogens (tertiary/aromatic N) is 1. The molecule has 0 spiro atoms. The summed E-state index contributed by atoms with van der Waals surface area (Å²) in [4.78, 5) is 15.1. The fraction of sp³-hybridized carbons (Fsp3) is 0. The molecular formula is C12H9Cl2N3O. The summed E-state index contributed by atoms with van der Waals surface area (Å²) >= 11 is 11.8. The van der Waals surface area contributed by atoms with Crippen LogP contribution in [-0.2, 0) is 0 Å². The Morgan fingerprint density at radius 3 is 2.61 bits per heavy atom. The lowest BCUT2D eigenvalue weighted by atomic mass is 10.2. The van der Waals surface area contributed by atoms with Crippen molar-refractivity contribution < 1.29 is 4.79 Å². The van der Waals surface area contributed by atoms with E-state index >= 15 is 0 Å². The molecule has 0 unspecified atom stereocenters. The third-order valence-corrected chi connectivity index (χ3v) is 2.82. The van der Waals surface area contributed by atoms with Crippen molar-refractivity contribution in [2.24, 2.45) is 5.73 Å². The Kier molecular flexibility index (Phi) is 3.69. The van der Waals surface area contributed by atoms with Crippen LogP contribution in [0.3, 0.4) is 0 Å². The number of rotatable bonds is 3. The van der Waals surface area contributed by atoms with Crippen molar-refractivity contribution in [3.8, 4) is 0 Å². The molecule has 0 fully saturated rings. The molecule has 0 aliphatic rings. The zero-order valence-corrected chi connectivity index (χ0v) is 10.7. The lowest BCUT2D eigenvalue weighted by molar-refractivity contribution is 0.100. The van der Waals surface area contributed by atoms with Crippen LogP contribution in [0.2, 0.25) is 10.2 Å². The first-order chi connectivity index (χ1) is 8.58. The number of carbonyl (C=O) groups is 1. The molecule has 92 valence electrons. The van der Waals surface area contributed by atoms with E-state index in [-0.39, 0.29) is 10.7 Å². The summed E-state index contributed by atoms with van der Waals surface area (Å²) in [5, 5.41) is 3.79. The average Bonchev–Trinajstić information content (AvgIpc) is 2.32. The minimum absolute atomic E-state index is 0.249. The van der Waals surface area contributed by atoms with Crippen molar-refractivity contribution >= 4 is 40.5 Å². The molecule has 1 amide bonds. The Hall–Kier alpha value is -1.78. The molecule has 18 heavy (non-hydrogen) atoms. The standard InChI is InChI=1S/C12H9Cl2N3O/c13-8-3-1-2-4-9(8)17-10-5-11(14)16-6-7(10)12(15)18/h1-6H,(H2,15,18)(H,16,17). The van der Waals surface area contributed by atoms with Crippen LogP contribution < -0.4 is 11.1 Å². The first-order valence-electron chi connectivity index (χ1n) is 5.05. The second kappa shape index (κ2) is 5.25. The normalized spacial score (nSPS) is 10.1. The topological polar surface area (TPSA) is 68.0 Å². The molecule has 0 saturated carbocycles. The van der Waals surface area contributed by atoms with Crippen LogP contribution in [0, 0.1) is 0 Å². The van der Waals surface area contributed by atoms with E-state index in [9.17, 15) is 4.79 Å².